The molecule has 4 nitrogen and oxygen atoms in total. The van der Waals surface area contributed by atoms with Gasteiger partial charge in [0.05, 0.1) is 0 Å². The highest BCUT2D eigenvalue weighted by atomic mass is 35.5. The number of hydrogen-bond donors (Lipinski definition) is 1. The number of piperazine rings is 1. The number of amides is 1. The van der Waals surface area contributed by atoms with Crippen LogP contribution in [0.3, 0.4) is 0 Å². The minimum absolute atomic E-state index is 0.00505. The van der Waals surface area contributed by atoms with E-state index in [2.05, 4.69) is 4.90 Å². The van der Waals surface area contributed by atoms with Gasteiger partial charge in [-0.1, -0.05) is 29.8 Å². The molecule has 3 rings (SSSR count). The van der Waals surface area contributed by atoms with Crippen molar-refractivity contribution in [1.29, 1.82) is 0 Å². The molecular formula is C19H21ClN2O2. The molecule has 0 bridgehead atoms. The molecule has 1 fully saturated rings. The molecular weight excluding hydrogens is 324 g/mol. The van der Waals surface area contributed by atoms with E-state index < -0.39 is 0 Å². The van der Waals surface area contributed by atoms with E-state index in [1.54, 1.807) is 25.1 Å². The number of rotatable bonds is 3. The Labute approximate surface area is 147 Å². The molecule has 0 saturated carbocycles. The number of hydrogen-bond acceptors (Lipinski definition) is 3. The van der Waals surface area contributed by atoms with Crippen LogP contribution in [-0.4, -0.2) is 47.0 Å². The summed E-state index contributed by atoms with van der Waals surface area (Å²) in [5.41, 5.74) is 2.45. The lowest BCUT2D eigenvalue weighted by Crippen LogP contribution is -2.48. The van der Waals surface area contributed by atoms with Crippen molar-refractivity contribution in [3.63, 3.8) is 0 Å². The Bertz CT molecular complexity index is 723. The third-order valence-electron chi connectivity index (χ3n) is 4.51. The molecule has 0 aromatic heterocycles. The van der Waals surface area contributed by atoms with Crippen LogP contribution < -0.4 is 0 Å². The van der Waals surface area contributed by atoms with Crippen molar-refractivity contribution in [2.24, 2.45) is 0 Å². The van der Waals surface area contributed by atoms with Crippen LogP contribution in [0.5, 0.6) is 5.75 Å². The lowest BCUT2D eigenvalue weighted by Gasteiger charge is -2.35. The first-order valence-corrected chi connectivity index (χ1v) is 8.47. The smallest absolute Gasteiger partial charge is 0.254 e. The second kappa shape index (κ2) is 7.24. The summed E-state index contributed by atoms with van der Waals surface area (Å²) in [6, 6.07) is 13.0. The quantitative estimate of drug-likeness (QED) is 0.929. The van der Waals surface area contributed by atoms with Crippen molar-refractivity contribution in [2.75, 3.05) is 26.2 Å². The number of halogens is 1. The van der Waals surface area contributed by atoms with Gasteiger partial charge in [0.2, 0.25) is 0 Å². The zero-order chi connectivity index (χ0) is 17.1. The van der Waals surface area contributed by atoms with Crippen molar-refractivity contribution < 1.29 is 9.90 Å². The monoisotopic (exact) mass is 344 g/mol. The largest absolute Gasteiger partial charge is 0.508 e. The second-order valence-electron chi connectivity index (χ2n) is 6.14. The normalized spacial score (nSPS) is 15.5. The molecule has 2 aromatic carbocycles. The number of phenols is 1. The summed E-state index contributed by atoms with van der Waals surface area (Å²) in [7, 11) is 0. The Morgan fingerprint density at radius 3 is 2.42 bits per heavy atom. The second-order valence-corrected chi connectivity index (χ2v) is 6.58. The molecule has 2 aromatic rings. The van der Waals surface area contributed by atoms with E-state index in [4.69, 9.17) is 11.6 Å². The van der Waals surface area contributed by atoms with Gasteiger partial charge in [0.15, 0.2) is 0 Å². The molecule has 0 atom stereocenters. The zero-order valence-electron chi connectivity index (χ0n) is 13.7. The SMILES string of the molecule is Cc1c(O)cccc1C(=O)N1CCN(Cc2ccc(Cl)cc2)CC1. The van der Waals surface area contributed by atoms with E-state index in [0.29, 0.717) is 24.2 Å². The number of nitrogens with zero attached hydrogens (tertiary/aromatic N) is 2. The summed E-state index contributed by atoms with van der Waals surface area (Å²) in [6.45, 7) is 5.71. The van der Waals surface area contributed by atoms with Crippen LogP contribution in [0, 0.1) is 6.92 Å². The van der Waals surface area contributed by atoms with Gasteiger partial charge in [-0.25, -0.2) is 0 Å². The van der Waals surface area contributed by atoms with Crippen LogP contribution in [0.25, 0.3) is 0 Å². The summed E-state index contributed by atoms with van der Waals surface area (Å²) >= 11 is 5.91. The van der Waals surface area contributed by atoms with E-state index in [-0.39, 0.29) is 11.7 Å². The van der Waals surface area contributed by atoms with Crippen LogP contribution >= 0.6 is 11.6 Å². The molecule has 1 heterocycles. The van der Waals surface area contributed by atoms with Gasteiger partial charge in [-0.3, -0.25) is 9.69 Å². The Kier molecular flexibility index (Phi) is 5.07. The molecule has 1 N–H and O–H groups in total. The fraction of sp³-hybridized carbons (Fsp3) is 0.316. The highest BCUT2D eigenvalue weighted by Crippen LogP contribution is 2.21. The average Bonchev–Trinajstić information content (AvgIpc) is 2.59. The van der Waals surface area contributed by atoms with Crippen LogP contribution in [0.15, 0.2) is 42.5 Å². The number of carbonyl (C=O) groups is 1. The van der Waals surface area contributed by atoms with Gasteiger partial charge in [0.1, 0.15) is 5.75 Å². The van der Waals surface area contributed by atoms with Crippen LogP contribution in [0.4, 0.5) is 0 Å². The highest BCUT2D eigenvalue weighted by molar-refractivity contribution is 6.30. The number of carbonyl (C=O) groups excluding carboxylic acids is 1. The minimum atomic E-state index is -0.00505. The van der Waals surface area contributed by atoms with E-state index in [1.165, 1.54) is 5.56 Å². The third-order valence-corrected chi connectivity index (χ3v) is 4.77. The summed E-state index contributed by atoms with van der Waals surface area (Å²) in [5.74, 6) is 0.164. The molecule has 0 unspecified atom stereocenters. The molecule has 0 spiro atoms. The standard InChI is InChI=1S/C19H21ClN2O2/c1-14-17(3-2-4-18(14)23)19(24)22-11-9-21(10-12-22)13-15-5-7-16(20)8-6-15/h2-8,23H,9-13H2,1H3. The van der Waals surface area contributed by atoms with Crippen LogP contribution in [0.1, 0.15) is 21.5 Å². The first kappa shape index (κ1) is 16.8. The van der Waals surface area contributed by atoms with E-state index in [0.717, 1.165) is 24.7 Å². The molecule has 24 heavy (non-hydrogen) atoms. The van der Waals surface area contributed by atoms with Crippen molar-refractivity contribution in [1.82, 2.24) is 9.80 Å². The molecule has 0 radical (unpaired) electrons. The predicted molar refractivity (Wildman–Crippen MR) is 95.5 cm³/mol. The fourth-order valence-electron chi connectivity index (χ4n) is 2.98. The maximum Gasteiger partial charge on any atom is 0.254 e. The highest BCUT2D eigenvalue weighted by Gasteiger charge is 2.23. The summed E-state index contributed by atoms with van der Waals surface area (Å²) in [5, 5.41) is 10.5. The van der Waals surface area contributed by atoms with Crippen LogP contribution in [-0.2, 0) is 6.54 Å². The number of benzene rings is 2. The Morgan fingerprint density at radius 2 is 1.75 bits per heavy atom. The van der Waals surface area contributed by atoms with Gasteiger partial charge in [0.25, 0.3) is 5.91 Å². The molecule has 5 heteroatoms. The van der Waals surface area contributed by atoms with Crippen LogP contribution in [0.2, 0.25) is 5.02 Å². The minimum Gasteiger partial charge on any atom is -0.508 e. The Hall–Kier alpha value is -2.04. The van der Waals surface area contributed by atoms with Crippen molar-refractivity contribution in [3.05, 3.63) is 64.2 Å². The molecule has 0 aliphatic carbocycles. The topological polar surface area (TPSA) is 43.8 Å². The van der Waals surface area contributed by atoms with Gasteiger partial charge in [0, 0.05) is 48.9 Å². The van der Waals surface area contributed by atoms with E-state index in [1.807, 2.05) is 29.2 Å². The van der Waals surface area contributed by atoms with E-state index >= 15 is 0 Å². The Balaban J connectivity index is 1.59. The van der Waals surface area contributed by atoms with Crippen molar-refractivity contribution in [2.45, 2.75) is 13.5 Å². The van der Waals surface area contributed by atoms with E-state index in [9.17, 15) is 9.90 Å². The lowest BCUT2D eigenvalue weighted by atomic mass is 10.1. The fourth-order valence-corrected chi connectivity index (χ4v) is 3.11. The molecule has 1 amide bonds. The lowest BCUT2D eigenvalue weighted by molar-refractivity contribution is 0.0627. The zero-order valence-corrected chi connectivity index (χ0v) is 14.5. The van der Waals surface area contributed by atoms with Gasteiger partial charge in [-0.2, -0.15) is 0 Å². The average molecular weight is 345 g/mol. The first-order valence-electron chi connectivity index (χ1n) is 8.09. The molecule has 126 valence electrons. The maximum absolute atomic E-state index is 12.7. The first-order chi connectivity index (χ1) is 11.5. The predicted octanol–water partition coefficient (Wildman–Crippen LogP) is 3.31. The van der Waals surface area contributed by atoms with Gasteiger partial charge >= 0.3 is 0 Å². The summed E-state index contributed by atoms with van der Waals surface area (Å²) in [6.07, 6.45) is 0. The summed E-state index contributed by atoms with van der Waals surface area (Å²) in [4.78, 5) is 16.9. The summed E-state index contributed by atoms with van der Waals surface area (Å²) < 4.78 is 0. The van der Waals surface area contributed by atoms with Gasteiger partial charge < -0.3 is 10.0 Å². The van der Waals surface area contributed by atoms with Gasteiger partial charge in [-0.05, 0) is 36.8 Å². The molecule has 1 aliphatic rings. The molecule has 1 aliphatic heterocycles. The number of phenolic OH excluding ortho intramolecular Hbond substituents is 1. The van der Waals surface area contributed by atoms with Gasteiger partial charge in [-0.15, -0.1) is 0 Å². The molecule has 1 saturated heterocycles. The Morgan fingerprint density at radius 1 is 1.08 bits per heavy atom. The van der Waals surface area contributed by atoms with Crippen molar-refractivity contribution >= 4 is 17.5 Å². The third kappa shape index (κ3) is 3.71. The maximum atomic E-state index is 12.7. The van der Waals surface area contributed by atoms with Crippen molar-refractivity contribution in [3.8, 4) is 5.75 Å². The number of aromatic hydroxyl groups is 1.